The van der Waals surface area contributed by atoms with Crippen LogP contribution in [0.3, 0.4) is 0 Å². The lowest BCUT2D eigenvalue weighted by atomic mass is 10.1. The summed E-state index contributed by atoms with van der Waals surface area (Å²) in [5.41, 5.74) is 2.47. The normalized spacial score (nSPS) is 17.1. The minimum Gasteiger partial charge on any atom is -0.459 e. The number of hydrogen-bond donors (Lipinski definition) is 1. The third-order valence-corrected chi connectivity index (χ3v) is 7.26. The number of carbonyl (C=O) groups is 1. The minimum atomic E-state index is -3.58. The van der Waals surface area contributed by atoms with Crippen molar-refractivity contribution in [3.63, 3.8) is 0 Å². The van der Waals surface area contributed by atoms with Crippen molar-refractivity contribution in [1.82, 2.24) is 10.2 Å². The van der Waals surface area contributed by atoms with Crippen LogP contribution in [-0.2, 0) is 33.4 Å². The molecule has 1 unspecified atom stereocenters. The van der Waals surface area contributed by atoms with Crippen LogP contribution >= 0.6 is 0 Å². The molecular formula is C25H28N2O5S. The Morgan fingerprint density at radius 1 is 1.09 bits per heavy atom. The zero-order chi connectivity index (χ0) is 23.3. The molecule has 3 aromatic rings. The average Bonchev–Trinajstić information content (AvgIpc) is 3.26. The fourth-order valence-corrected chi connectivity index (χ4v) is 5.33. The first kappa shape index (κ1) is 23.2. The van der Waals surface area contributed by atoms with E-state index in [0.29, 0.717) is 12.1 Å². The molecule has 1 fully saturated rings. The Bertz CT molecular complexity index is 1190. The van der Waals surface area contributed by atoms with Crippen LogP contribution in [0.15, 0.2) is 76.2 Å². The van der Waals surface area contributed by atoms with Crippen molar-refractivity contribution in [2.75, 3.05) is 19.7 Å². The molecule has 174 valence electrons. The lowest BCUT2D eigenvalue weighted by Crippen LogP contribution is -2.40. The molecule has 0 spiro atoms. The zero-order valence-electron chi connectivity index (χ0n) is 18.6. The van der Waals surface area contributed by atoms with Crippen LogP contribution in [0.5, 0.6) is 0 Å². The molecule has 0 saturated carbocycles. The maximum absolute atomic E-state index is 12.7. The largest absolute Gasteiger partial charge is 0.459 e. The van der Waals surface area contributed by atoms with Gasteiger partial charge in [0.2, 0.25) is 0 Å². The molecule has 7 nitrogen and oxygen atoms in total. The lowest BCUT2D eigenvalue weighted by Gasteiger charge is -2.31. The van der Waals surface area contributed by atoms with Crippen molar-refractivity contribution in [2.45, 2.75) is 36.8 Å². The Labute approximate surface area is 194 Å². The third-order valence-electron chi connectivity index (χ3n) is 5.58. The number of nitrogens with one attached hydrogen (secondary N) is 1. The van der Waals surface area contributed by atoms with Gasteiger partial charge in [-0.25, -0.2) is 8.42 Å². The van der Waals surface area contributed by atoms with Crippen molar-refractivity contribution in [2.24, 2.45) is 0 Å². The second kappa shape index (κ2) is 10.3. The molecule has 1 atom stereocenters. The quantitative estimate of drug-likeness (QED) is 0.545. The molecule has 8 heteroatoms. The highest BCUT2D eigenvalue weighted by molar-refractivity contribution is 7.90. The number of hydrogen-bond acceptors (Lipinski definition) is 6. The number of rotatable bonds is 8. The number of morpholine rings is 1. The summed E-state index contributed by atoms with van der Waals surface area (Å²) in [5, 5.41) is 2.84. The molecule has 1 N–H and O–H groups in total. The predicted octanol–water partition coefficient (Wildman–Crippen LogP) is 3.40. The highest BCUT2D eigenvalue weighted by Gasteiger charge is 2.22. The van der Waals surface area contributed by atoms with E-state index in [1.165, 1.54) is 17.9 Å². The Morgan fingerprint density at radius 2 is 1.88 bits per heavy atom. The minimum absolute atomic E-state index is 0.0213. The van der Waals surface area contributed by atoms with Gasteiger partial charge in [-0.05, 0) is 36.2 Å². The summed E-state index contributed by atoms with van der Waals surface area (Å²) in [6, 6.07) is 17.8. The molecular weight excluding hydrogens is 440 g/mol. The molecule has 33 heavy (non-hydrogen) atoms. The van der Waals surface area contributed by atoms with E-state index >= 15 is 0 Å². The number of ether oxygens (including phenoxy) is 1. The van der Waals surface area contributed by atoms with Crippen LogP contribution in [0, 0.1) is 0 Å². The number of furan rings is 1. The molecule has 1 aliphatic heterocycles. The fourth-order valence-electron chi connectivity index (χ4n) is 3.96. The van der Waals surface area contributed by atoms with Gasteiger partial charge in [0.25, 0.3) is 5.91 Å². The number of amides is 1. The van der Waals surface area contributed by atoms with Crippen LogP contribution in [0.1, 0.15) is 34.2 Å². The summed E-state index contributed by atoms with van der Waals surface area (Å²) in [4.78, 5) is 15.3. The van der Waals surface area contributed by atoms with E-state index in [1.807, 2.05) is 12.1 Å². The van der Waals surface area contributed by atoms with Gasteiger partial charge in [-0.3, -0.25) is 9.69 Å². The summed E-state index contributed by atoms with van der Waals surface area (Å²) >= 11 is 0. The maximum atomic E-state index is 12.7. The Balaban J connectivity index is 1.38. The molecule has 2 heterocycles. The Morgan fingerprint density at radius 3 is 2.67 bits per heavy atom. The van der Waals surface area contributed by atoms with Crippen molar-refractivity contribution in [3.05, 3.63) is 89.4 Å². The zero-order valence-corrected chi connectivity index (χ0v) is 19.4. The smallest absolute Gasteiger partial charge is 0.287 e. The van der Waals surface area contributed by atoms with Gasteiger partial charge in [0, 0.05) is 31.7 Å². The van der Waals surface area contributed by atoms with Crippen LogP contribution in [0.4, 0.5) is 0 Å². The van der Waals surface area contributed by atoms with Gasteiger partial charge < -0.3 is 14.5 Å². The van der Waals surface area contributed by atoms with E-state index < -0.39 is 15.7 Å². The van der Waals surface area contributed by atoms with Crippen molar-refractivity contribution >= 4 is 15.7 Å². The van der Waals surface area contributed by atoms with E-state index in [-0.39, 0.29) is 22.5 Å². The predicted molar refractivity (Wildman–Crippen MR) is 124 cm³/mol. The van der Waals surface area contributed by atoms with Crippen LogP contribution < -0.4 is 5.32 Å². The summed E-state index contributed by atoms with van der Waals surface area (Å²) in [6.45, 7) is 5.76. The molecule has 1 amide bonds. The van der Waals surface area contributed by atoms with Gasteiger partial charge in [-0.2, -0.15) is 0 Å². The monoisotopic (exact) mass is 468 g/mol. The van der Waals surface area contributed by atoms with Crippen LogP contribution in [0.2, 0.25) is 0 Å². The maximum Gasteiger partial charge on any atom is 0.287 e. The second-order valence-electron chi connectivity index (χ2n) is 8.27. The fraction of sp³-hybridized carbons (Fsp3) is 0.320. The lowest BCUT2D eigenvalue weighted by molar-refractivity contribution is -0.0212. The summed E-state index contributed by atoms with van der Waals surface area (Å²) < 4.78 is 36.3. The first-order chi connectivity index (χ1) is 15.9. The Hall–Kier alpha value is -2.94. The SMILES string of the molecule is CC1CN(Cc2cccc(CNC(=O)c3occc3CS(=O)(=O)c3ccccc3)c2)CCO1. The van der Waals surface area contributed by atoms with Gasteiger partial charge in [0.15, 0.2) is 15.6 Å². The van der Waals surface area contributed by atoms with Gasteiger partial charge >= 0.3 is 0 Å². The second-order valence-corrected chi connectivity index (χ2v) is 10.3. The molecule has 4 rings (SSSR count). The van der Waals surface area contributed by atoms with Crippen LogP contribution in [0.25, 0.3) is 0 Å². The van der Waals surface area contributed by atoms with E-state index in [1.54, 1.807) is 30.3 Å². The highest BCUT2D eigenvalue weighted by atomic mass is 32.2. The average molecular weight is 469 g/mol. The van der Waals surface area contributed by atoms with Crippen molar-refractivity contribution in [1.29, 1.82) is 0 Å². The van der Waals surface area contributed by atoms with Crippen molar-refractivity contribution < 1.29 is 22.4 Å². The van der Waals surface area contributed by atoms with Crippen LogP contribution in [-0.4, -0.2) is 45.0 Å². The molecule has 0 radical (unpaired) electrons. The summed E-state index contributed by atoms with van der Waals surface area (Å²) in [6.07, 6.45) is 1.57. The highest BCUT2D eigenvalue weighted by Crippen LogP contribution is 2.20. The molecule has 1 aliphatic rings. The number of sulfone groups is 1. The first-order valence-corrected chi connectivity index (χ1v) is 12.6. The Kier molecular flexibility index (Phi) is 7.27. The molecule has 0 aliphatic carbocycles. The molecule has 2 aromatic carbocycles. The molecule has 1 aromatic heterocycles. The number of benzene rings is 2. The number of carbonyl (C=O) groups excluding carboxylic acids is 1. The van der Waals surface area contributed by atoms with E-state index in [0.717, 1.165) is 31.8 Å². The summed E-state index contributed by atoms with van der Waals surface area (Å²) in [5.74, 6) is -0.720. The van der Waals surface area contributed by atoms with E-state index in [9.17, 15) is 13.2 Å². The van der Waals surface area contributed by atoms with Gasteiger partial charge in [0.05, 0.1) is 29.6 Å². The van der Waals surface area contributed by atoms with E-state index in [2.05, 4.69) is 29.3 Å². The first-order valence-electron chi connectivity index (χ1n) is 10.9. The third kappa shape index (κ3) is 6.10. The molecule has 0 bridgehead atoms. The van der Waals surface area contributed by atoms with Gasteiger partial charge in [0.1, 0.15) is 0 Å². The standard InChI is InChI=1S/C25H28N2O5S/c1-19-16-27(11-13-31-19)17-21-7-5-6-20(14-21)15-26-25(28)24-22(10-12-32-24)18-33(29,30)23-8-3-2-4-9-23/h2-10,12,14,19H,11,13,15-18H2,1H3,(H,26,28). The van der Waals surface area contributed by atoms with E-state index in [4.69, 9.17) is 9.15 Å². The number of nitrogens with zero attached hydrogens (tertiary/aromatic N) is 1. The molecule has 1 saturated heterocycles. The summed E-state index contributed by atoms with van der Waals surface area (Å²) in [7, 11) is -3.58. The van der Waals surface area contributed by atoms with Gasteiger partial charge in [-0.1, -0.05) is 42.5 Å². The topological polar surface area (TPSA) is 88.9 Å². The van der Waals surface area contributed by atoms with Crippen molar-refractivity contribution in [3.8, 4) is 0 Å². The van der Waals surface area contributed by atoms with Gasteiger partial charge in [-0.15, -0.1) is 0 Å².